The van der Waals surface area contributed by atoms with Gasteiger partial charge in [-0.25, -0.2) is 4.99 Å². The van der Waals surface area contributed by atoms with Gasteiger partial charge in [-0.1, -0.05) is 68.1 Å². The van der Waals surface area contributed by atoms with Gasteiger partial charge in [0, 0.05) is 17.4 Å². The molecule has 178 valence electrons. The number of anilines is 1. The number of benzene rings is 3. The topological polar surface area (TPSA) is 85.0 Å². The summed E-state index contributed by atoms with van der Waals surface area (Å²) in [5.41, 5.74) is 10.00. The van der Waals surface area contributed by atoms with Crippen LogP contribution < -0.4 is 15.4 Å². The third-order valence-electron chi connectivity index (χ3n) is 5.65. The zero-order chi connectivity index (χ0) is 24.9. The molecule has 1 aliphatic heterocycles. The minimum absolute atomic E-state index is 0.197. The van der Waals surface area contributed by atoms with E-state index in [0.29, 0.717) is 39.5 Å². The lowest BCUT2D eigenvalue weighted by atomic mass is 10.0. The van der Waals surface area contributed by atoms with Crippen molar-refractivity contribution >= 4 is 40.5 Å². The molecule has 0 aromatic heterocycles. The lowest BCUT2D eigenvalue weighted by molar-refractivity contribution is -0.113. The number of carbonyl (C=O) groups excluding carboxylic acids is 2. The number of hydrogen-bond acceptors (Lipinski definition) is 5. The van der Waals surface area contributed by atoms with Crippen LogP contribution in [0.5, 0.6) is 5.75 Å². The van der Waals surface area contributed by atoms with E-state index in [0.717, 1.165) is 11.1 Å². The monoisotopic (exact) mass is 485 g/mol. The van der Waals surface area contributed by atoms with E-state index in [2.05, 4.69) is 26.0 Å². The highest BCUT2D eigenvalue weighted by Gasteiger charge is 2.32. The zero-order valence-corrected chi connectivity index (χ0v) is 20.7. The number of thioether (sulfide) groups is 1. The van der Waals surface area contributed by atoms with Crippen LogP contribution in [0.25, 0.3) is 6.08 Å². The number of hydrogen-bond donors (Lipinski definition) is 1. The average Bonchev–Trinajstić information content (AvgIpc) is 3.18. The van der Waals surface area contributed by atoms with Gasteiger partial charge in [-0.3, -0.25) is 14.5 Å². The van der Waals surface area contributed by atoms with Crippen molar-refractivity contribution in [3.8, 4) is 5.75 Å². The molecule has 0 spiro atoms. The number of carbonyl (C=O) groups is 2. The first-order valence-corrected chi connectivity index (χ1v) is 12.2. The van der Waals surface area contributed by atoms with E-state index in [9.17, 15) is 9.59 Å². The molecule has 0 bridgehead atoms. The van der Waals surface area contributed by atoms with Crippen LogP contribution in [0, 0.1) is 0 Å². The van der Waals surface area contributed by atoms with Crippen LogP contribution in [0.15, 0.2) is 83.5 Å². The van der Waals surface area contributed by atoms with Crippen LogP contribution in [0.4, 0.5) is 5.69 Å². The van der Waals surface area contributed by atoms with Gasteiger partial charge in [0.1, 0.15) is 11.4 Å². The predicted molar refractivity (Wildman–Crippen MR) is 143 cm³/mol. The summed E-state index contributed by atoms with van der Waals surface area (Å²) < 4.78 is 5.36. The van der Waals surface area contributed by atoms with Gasteiger partial charge < -0.3 is 10.5 Å². The highest BCUT2D eigenvalue weighted by atomic mass is 32.2. The zero-order valence-electron chi connectivity index (χ0n) is 19.9. The van der Waals surface area contributed by atoms with E-state index in [1.165, 1.54) is 17.3 Å². The predicted octanol–water partition coefficient (Wildman–Crippen LogP) is 5.59. The molecular formula is C28H27N3O3S. The van der Waals surface area contributed by atoms with Crippen molar-refractivity contribution in [2.24, 2.45) is 10.7 Å². The number of amidine groups is 1. The standard InChI is InChI=1S/C28H27N3O3S/c1-18(2)21-11-7-19(8-12-21)15-25-27(33)31(23-5-4-6-24(16-23)34-3)28(30-25)35-17-20-9-13-22(14-10-20)26(29)32/h4-16,18H,17H2,1-3H3,(H2,29,32)/b25-15+. The van der Waals surface area contributed by atoms with Crippen molar-refractivity contribution in [2.45, 2.75) is 25.5 Å². The van der Waals surface area contributed by atoms with Gasteiger partial charge in [0.2, 0.25) is 5.91 Å². The summed E-state index contributed by atoms with van der Waals surface area (Å²) >= 11 is 1.45. The normalized spacial score (nSPS) is 14.5. The number of methoxy groups -OCH3 is 1. The number of ether oxygens (including phenoxy) is 1. The number of amides is 2. The Labute approximate surface area is 209 Å². The van der Waals surface area contributed by atoms with Crippen molar-refractivity contribution in [3.63, 3.8) is 0 Å². The minimum Gasteiger partial charge on any atom is -0.497 e. The summed E-state index contributed by atoms with van der Waals surface area (Å²) in [5, 5.41) is 0.576. The van der Waals surface area contributed by atoms with Crippen molar-refractivity contribution in [2.75, 3.05) is 12.0 Å². The fourth-order valence-corrected chi connectivity index (χ4v) is 4.59. The molecule has 0 fully saturated rings. The largest absolute Gasteiger partial charge is 0.497 e. The van der Waals surface area contributed by atoms with Crippen molar-refractivity contribution in [1.29, 1.82) is 0 Å². The quantitative estimate of drug-likeness (QED) is 0.442. The third kappa shape index (κ3) is 5.63. The second-order valence-corrected chi connectivity index (χ2v) is 9.38. The van der Waals surface area contributed by atoms with Crippen LogP contribution in [0.1, 0.15) is 46.8 Å². The lowest BCUT2D eigenvalue weighted by Gasteiger charge is -2.18. The molecule has 0 atom stereocenters. The Morgan fingerprint density at radius 2 is 1.80 bits per heavy atom. The van der Waals surface area contributed by atoms with E-state index in [-0.39, 0.29) is 5.91 Å². The maximum atomic E-state index is 13.5. The number of rotatable bonds is 7. The number of primary amides is 1. The molecule has 7 heteroatoms. The Hall–Kier alpha value is -3.84. The van der Waals surface area contributed by atoms with Gasteiger partial charge in [-0.15, -0.1) is 0 Å². The Kier molecular flexibility index (Phi) is 7.36. The van der Waals surface area contributed by atoms with Gasteiger partial charge in [0.05, 0.1) is 12.8 Å². The fraction of sp³-hybridized carbons (Fsp3) is 0.179. The molecular weight excluding hydrogens is 458 g/mol. The van der Waals surface area contributed by atoms with Crippen molar-refractivity contribution < 1.29 is 14.3 Å². The molecule has 3 aromatic carbocycles. The van der Waals surface area contributed by atoms with Crippen LogP contribution >= 0.6 is 11.8 Å². The molecule has 0 radical (unpaired) electrons. The van der Waals surface area contributed by atoms with Crippen molar-refractivity contribution in [1.82, 2.24) is 0 Å². The Morgan fingerprint density at radius 3 is 2.43 bits per heavy atom. The number of nitrogens with zero attached hydrogens (tertiary/aromatic N) is 2. The van der Waals surface area contributed by atoms with E-state index >= 15 is 0 Å². The van der Waals surface area contributed by atoms with Crippen LogP contribution in [0.2, 0.25) is 0 Å². The average molecular weight is 486 g/mol. The van der Waals surface area contributed by atoms with E-state index in [1.807, 2.05) is 54.6 Å². The van der Waals surface area contributed by atoms with Crippen LogP contribution in [-0.2, 0) is 10.5 Å². The molecule has 0 saturated carbocycles. The van der Waals surface area contributed by atoms with E-state index in [4.69, 9.17) is 15.5 Å². The highest BCUT2D eigenvalue weighted by molar-refractivity contribution is 8.13. The van der Waals surface area contributed by atoms with Crippen LogP contribution in [-0.4, -0.2) is 24.1 Å². The van der Waals surface area contributed by atoms with E-state index < -0.39 is 5.91 Å². The van der Waals surface area contributed by atoms with Gasteiger partial charge in [0.15, 0.2) is 5.17 Å². The first-order valence-electron chi connectivity index (χ1n) is 11.3. The molecule has 3 aromatic rings. The molecule has 2 N–H and O–H groups in total. The minimum atomic E-state index is -0.463. The van der Waals surface area contributed by atoms with E-state index in [1.54, 1.807) is 24.1 Å². The smallest absolute Gasteiger partial charge is 0.283 e. The molecule has 0 saturated heterocycles. The summed E-state index contributed by atoms with van der Waals surface area (Å²) in [4.78, 5) is 31.1. The first-order chi connectivity index (χ1) is 16.9. The van der Waals surface area contributed by atoms with Gasteiger partial charge in [0.25, 0.3) is 5.91 Å². The maximum Gasteiger partial charge on any atom is 0.283 e. The lowest BCUT2D eigenvalue weighted by Crippen LogP contribution is -2.30. The highest BCUT2D eigenvalue weighted by Crippen LogP contribution is 2.32. The second-order valence-electron chi connectivity index (χ2n) is 8.44. The Balaban J connectivity index is 1.64. The maximum absolute atomic E-state index is 13.5. The summed E-state index contributed by atoms with van der Waals surface area (Å²) in [6.07, 6.45) is 1.81. The summed E-state index contributed by atoms with van der Waals surface area (Å²) in [6, 6.07) is 22.6. The van der Waals surface area contributed by atoms with Crippen molar-refractivity contribution in [3.05, 3.63) is 101 Å². The third-order valence-corrected chi connectivity index (χ3v) is 6.66. The fourth-order valence-electron chi connectivity index (χ4n) is 3.62. The molecule has 35 heavy (non-hydrogen) atoms. The van der Waals surface area contributed by atoms with Gasteiger partial charge in [-0.05, 0) is 52.9 Å². The first kappa shape index (κ1) is 24.3. The molecule has 6 nitrogen and oxygen atoms in total. The molecule has 1 aliphatic rings. The second kappa shape index (κ2) is 10.6. The van der Waals surface area contributed by atoms with Gasteiger partial charge >= 0.3 is 0 Å². The molecule has 1 heterocycles. The Bertz CT molecular complexity index is 1300. The van der Waals surface area contributed by atoms with Crippen LogP contribution in [0.3, 0.4) is 0 Å². The summed E-state index contributed by atoms with van der Waals surface area (Å²) in [6.45, 7) is 4.30. The summed E-state index contributed by atoms with van der Waals surface area (Å²) in [5.74, 6) is 1.00. The molecule has 2 amide bonds. The molecule has 4 rings (SSSR count). The molecule has 0 aliphatic carbocycles. The number of aliphatic imine (C=N–C) groups is 1. The SMILES string of the molecule is COc1cccc(N2C(=O)/C(=C\c3ccc(C(C)C)cc3)N=C2SCc2ccc(C(N)=O)cc2)c1. The van der Waals surface area contributed by atoms with Gasteiger partial charge in [-0.2, -0.15) is 0 Å². The molecule has 0 unspecified atom stereocenters. The summed E-state index contributed by atoms with van der Waals surface area (Å²) in [7, 11) is 1.59. The Morgan fingerprint density at radius 1 is 1.09 bits per heavy atom. The number of nitrogens with two attached hydrogens (primary N) is 1.